The first-order valence-electron chi connectivity index (χ1n) is 5.74. The second-order valence-electron chi connectivity index (χ2n) is 4.10. The largest absolute Gasteiger partial charge is 0.346 e. The van der Waals surface area contributed by atoms with E-state index >= 15 is 0 Å². The number of amides is 1. The molecule has 1 aromatic carbocycles. The molecule has 2 aromatic rings. The SMILES string of the molecule is CC(NC(=O)c1ccc(Br)c(Cl)c1)c1ccncc1. The molecule has 98 valence electrons. The number of rotatable bonds is 3. The van der Waals surface area contributed by atoms with E-state index in [0.29, 0.717) is 10.6 Å². The third-order valence-electron chi connectivity index (χ3n) is 2.74. The maximum absolute atomic E-state index is 12.1. The molecule has 0 bridgehead atoms. The summed E-state index contributed by atoms with van der Waals surface area (Å²) in [7, 11) is 0. The normalized spacial score (nSPS) is 11.9. The van der Waals surface area contributed by atoms with Crippen LogP contribution in [-0.2, 0) is 0 Å². The summed E-state index contributed by atoms with van der Waals surface area (Å²) < 4.78 is 0.771. The van der Waals surface area contributed by atoms with Gasteiger partial charge in [0.2, 0.25) is 0 Å². The van der Waals surface area contributed by atoms with E-state index in [1.54, 1.807) is 30.6 Å². The minimum Gasteiger partial charge on any atom is -0.346 e. The van der Waals surface area contributed by atoms with Crippen molar-refractivity contribution in [1.29, 1.82) is 0 Å². The molecule has 1 atom stereocenters. The minimum absolute atomic E-state index is 0.0853. The fourth-order valence-corrected chi connectivity index (χ4v) is 2.08. The average Bonchev–Trinajstić information content (AvgIpc) is 2.42. The van der Waals surface area contributed by atoms with E-state index in [4.69, 9.17) is 11.6 Å². The van der Waals surface area contributed by atoms with E-state index in [1.807, 2.05) is 19.1 Å². The molecular weight excluding hydrogens is 328 g/mol. The summed E-state index contributed by atoms with van der Waals surface area (Å²) in [6, 6.07) is 8.79. The van der Waals surface area contributed by atoms with Crippen molar-refractivity contribution >= 4 is 33.4 Å². The zero-order chi connectivity index (χ0) is 13.8. The number of aromatic nitrogens is 1. The highest BCUT2D eigenvalue weighted by molar-refractivity contribution is 9.10. The average molecular weight is 340 g/mol. The summed E-state index contributed by atoms with van der Waals surface area (Å²) in [5.74, 6) is -0.154. The van der Waals surface area contributed by atoms with Gasteiger partial charge in [0, 0.05) is 22.4 Å². The highest BCUT2D eigenvalue weighted by Crippen LogP contribution is 2.23. The van der Waals surface area contributed by atoms with E-state index in [9.17, 15) is 4.79 Å². The molecule has 0 saturated carbocycles. The van der Waals surface area contributed by atoms with Crippen LogP contribution in [0.2, 0.25) is 5.02 Å². The van der Waals surface area contributed by atoms with Crippen molar-refractivity contribution < 1.29 is 4.79 Å². The number of carbonyl (C=O) groups excluding carboxylic acids is 1. The Hall–Kier alpha value is -1.39. The van der Waals surface area contributed by atoms with Gasteiger partial charge >= 0.3 is 0 Å². The zero-order valence-corrected chi connectivity index (χ0v) is 12.6. The standard InChI is InChI=1S/C14H12BrClN2O/c1-9(10-4-6-17-7-5-10)18-14(19)11-2-3-12(15)13(16)8-11/h2-9H,1H3,(H,18,19). The second kappa shape index (κ2) is 6.17. The van der Waals surface area contributed by atoms with E-state index in [2.05, 4.69) is 26.2 Å². The van der Waals surface area contributed by atoms with Crippen LogP contribution < -0.4 is 5.32 Å². The van der Waals surface area contributed by atoms with Crippen LogP contribution in [0, 0.1) is 0 Å². The van der Waals surface area contributed by atoms with Crippen molar-refractivity contribution in [2.75, 3.05) is 0 Å². The number of pyridine rings is 1. The smallest absolute Gasteiger partial charge is 0.251 e. The maximum atomic E-state index is 12.1. The summed E-state index contributed by atoms with van der Waals surface area (Å²) in [5.41, 5.74) is 1.54. The van der Waals surface area contributed by atoms with E-state index in [0.717, 1.165) is 10.0 Å². The Morgan fingerprint density at radius 3 is 2.63 bits per heavy atom. The fraction of sp³-hybridized carbons (Fsp3) is 0.143. The lowest BCUT2D eigenvalue weighted by Crippen LogP contribution is -2.26. The molecule has 0 fully saturated rings. The van der Waals surface area contributed by atoms with Gasteiger partial charge in [-0.05, 0) is 58.7 Å². The Balaban J connectivity index is 2.11. The molecule has 2 rings (SSSR count). The van der Waals surface area contributed by atoms with Gasteiger partial charge < -0.3 is 5.32 Å². The molecule has 1 unspecified atom stereocenters. The Labute approximate surface area is 125 Å². The predicted molar refractivity (Wildman–Crippen MR) is 79.3 cm³/mol. The summed E-state index contributed by atoms with van der Waals surface area (Å²) in [6.45, 7) is 1.92. The summed E-state index contributed by atoms with van der Waals surface area (Å²) in [6.07, 6.45) is 3.41. The van der Waals surface area contributed by atoms with Crippen LogP contribution in [0.1, 0.15) is 28.9 Å². The van der Waals surface area contributed by atoms with Gasteiger partial charge in [0.15, 0.2) is 0 Å². The summed E-state index contributed by atoms with van der Waals surface area (Å²) >= 11 is 9.27. The number of halogens is 2. The van der Waals surface area contributed by atoms with E-state index < -0.39 is 0 Å². The number of hydrogen-bond donors (Lipinski definition) is 1. The molecule has 3 nitrogen and oxygen atoms in total. The molecule has 1 aromatic heterocycles. The molecular formula is C14H12BrClN2O. The quantitative estimate of drug-likeness (QED) is 0.918. The van der Waals surface area contributed by atoms with Crippen molar-refractivity contribution in [1.82, 2.24) is 10.3 Å². The first-order chi connectivity index (χ1) is 9.08. The molecule has 0 spiro atoms. The van der Waals surface area contributed by atoms with Crippen LogP contribution >= 0.6 is 27.5 Å². The lowest BCUT2D eigenvalue weighted by Gasteiger charge is -2.14. The van der Waals surface area contributed by atoms with Gasteiger partial charge in [-0.3, -0.25) is 9.78 Å². The Kier molecular flexibility index (Phi) is 4.56. The zero-order valence-electron chi connectivity index (χ0n) is 10.2. The lowest BCUT2D eigenvalue weighted by molar-refractivity contribution is 0.0940. The second-order valence-corrected chi connectivity index (χ2v) is 5.37. The first kappa shape index (κ1) is 14.0. The first-order valence-corrected chi connectivity index (χ1v) is 6.91. The van der Waals surface area contributed by atoms with Crippen molar-refractivity contribution in [2.45, 2.75) is 13.0 Å². The van der Waals surface area contributed by atoms with Gasteiger partial charge in [0.05, 0.1) is 11.1 Å². The molecule has 0 radical (unpaired) electrons. The highest BCUT2D eigenvalue weighted by atomic mass is 79.9. The number of nitrogens with zero attached hydrogens (tertiary/aromatic N) is 1. The molecule has 0 aliphatic rings. The Bertz CT molecular complexity index is 589. The number of carbonyl (C=O) groups is 1. The van der Waals surface area contributed by atoms with Gasteiger partial charge in [0.1, 0.15) is 0 Å². The monoisotopic (exact) mass is 338 g/mol. The van der Waals surface area contributed by atoms with E-state index in [-0.39, 0.29) is 11.9 Å². The molecule has 1 N–H and O–H groups in total. The van der Waals surface area contributed by atoms with Crippen molar-refractivity contribution in [2.24, 2.45) is 0 Å². The number of nitrogens with one attached hydrogen (secondary N) is 1. The molecule has 19 heavy (non-hydrogen) atoms. The van der Waals surface area contributed by atoms with Gasteiger partial charge in [0.25, 0.3) is 5.91 Å². The molecule has 5 heteroatoms. The fourth-order valence-electron chi connectivity index (χ4n) is 1.65. The van der Waals surface area contributed by atoms with E-state index in [1.165, 1.54) is 0 Å². The topological polar surface area (TPSA) is 42.0 Å². The van der Waals surface area contributed by atoms with Gasteiger partial charge in [-0.1, -0.05) is 11.6 Å². The van der Waals surface area contributed by atoms with Crippen molar-refractivity contribution in [3.8, 4) is 0 Å². The molecule has 0 saturated heterocycles. The van der Waals surface area contributed by atoms with Crippen molar-refractivity contribution in [3.63, 3.8) is 0 Å². The maximum Gasteiger partial charge on any atom is 0.251 e. The van der Waals surface area contributed by atoms with Crippen molar-refractivity contribution in [3.05, 3.63) is 63.3 Å². The Morgan fingerprint density at radius 1 is 1.32 bits per heavy atom. The molecule has 0 aliphatic carbocycles. The van der Waals surface area contributed by atoms with Crippen LogP contribution in [0.4, 0.5) is 0 Å². The third-order valence-corrected chi connectivity index (χ3v) is 3.97. The van der Waals surface area contributed by atoms with Crippen LogP contribution in [0.15, 0.2) is 47.2 Å². The lowest BCUT2D eigenvalue weighted by atomic mass is 10.1. The molecule has 1 heterocycles. The van der Waals surface area contributed by atoms with Gasteiger partial charge in [-0.15, -0.1) is 0 Å². The Morgan fingerprint density at radius 2 is 2.00 bits per heavy atom. The summed E-state index contributed by atoms with van der Waals surface area (Å²) in [5, 5.41) is 3.44. The van der Waals surface area contributed by atoms with Gasteiger partial charge in [-0.25, -0.2) is 0 Å². The summed E-state index contributed by atoms with van der Waals surface area (Å²) in [4.78, 5) is 16.0. The highest BCUT2D eigenvalue weighted by Gasteiger charge is 2.12. The van der Waals surface area contributed by atoms with Crippen LogP contribution in [0.3, 0.4) is 0 Å². The van der Waals surface area contributed by atoms with Crippen LogP contribution in [0.25, 0.3) is 0 Å². The van der Waals surface area contributed by atoms with Crippen LogP contribution in [0.5, 0.6) is 0 Å². The van der Waals surface area contributed by atoms with Crippen LogP contribution in [-0.4, -0.2) is 10.9 Å². The number of hydrogen-bond acceptors (Lipinski definition) is 2. The minimum atomic E-state index is -0.154. The van der Waals surface area contributed by atoms with Gasteiger partial charge in [-0.2, -0.15) is 0 Å². The predicted octanol–water partition coefficient (Wildman–Crippen LogP) is 3.99. The molecule has 1 amide bonds. The third kappa shape index (κ3) is 3.55. The number of benzene rings is 1. The molecule has 0 aliphatic heterocycles.